The van der Waals surface area contributed by atoms with Gasteiger partial charge in [-0.3, -0.25) is 5.10 Å². The Labute approximate surface area is 154 Å². The summed E-state index contributed by atoms with van der Waals surface area (Å²) >= 11 is 0. The minimum Gasteiger partial charge on any atom is -0.529 e. The van der Waals surface area contributed by atoms with Crippen molar-refractivity contribution < 1.29 is 17.6 Å². The number of H-pyrrole nitrogens is 1. The fraction of sp³-hybridized carbons (Fsp3) is 0.526. The van der Waals surface area contributed by atoms with E-state index in [9.17, 15) is 13.2 Å². The number of nitrogens with one attached hydrogen (secondary N) is 1. The van der Waals surface area contributed by atoms with Crippen LogP contribution in [0.4, 0.5) is 13.2 Å². The van der Waals surface area contributed by atoms with E-state index in [0.29, 0.717) is 0 Å². The molecular formula is C19H27F3N2OSi. The lowest BCUT2D eigenvalue weighted by molar-refractivity contribution is -0.141. The Hall–Kier alpha value is -1.76. The number of aromatic nitrogens is 2. The topological polar surface area (TPSA) is 37.9 Å². The number of halogens is 3. The lowest BCUT2D eigenvalue weighted by atomic mass is 10.0. The first kappa shape index (κ1) is 20.5. The quantitative estimate of drug-likeness (QED) is 0.645. The van der Waals surface area contributed by atoms with Gasteiger partial charge in [-0.2, -0.15) is 13.2 Å². The number of aromatic amines is 1. The summed E-state index contributed by atoms with van der Waals surface area (Å²) in [5.74, 6) is 0.0727. The Kier molecular flexibility index (Phi) is 5.61. The lowest BCUT2D eigenvalue weighted by Gasteiger charge is -2.35. The Morgan fingerprint density at radius 3 is 2.04 bits per heavy atom. The first-order chi connectivity index (χ1) is 11.8. The van der Waals surface area contributed by atoms with E-state index >= 15 is 0 Å². The molecule has 2 rings (SSSR count). The Bertz CT molecular complexity index is 744. The third-order valence-electron chi connectivity index (χ3n) is 5.08. The monoisotopic (exact) mass is 384 g/mol. The molecule has 1 heterocycles. The summed E-state index contributed by atoms with van der Waals surface area (Å²) in [4.78, 5) is 0. The number of hydrogen-bond donors (Lipinski definition) is 1. The highest BCUT2D eigenvalue weighted by Gasteiger charge is 2.42. The largest absolute Gasteiger partial charge is 0.529 e. The molecule has 7 heteroatoms. The van der Waals surface area contributed by atoms with Gasteiger partial charge >= 0.3 is 6.18 Å². The van der Waals surface area contributed by atoms with Crippen LogP contribution in [0.5, 0.6) is 5.88 Å². The molecule has 0 radical (unpaired) electrons. The fourth-order valence-electron chi connectivity index (χ4n) is 2.32. The highest BCUT2D eigenvalue weighted by Crippen LogP contribution is 2.40. The highest BCUT2D eigenvalue weighted by atomic mass is 28.4. The molecule has 0 bridgehead atoms. The van der Waals surface area contributed by atoms with Crippen molar-refractivity contribution in [2.45, 2.75) is 64.8 Å². The van der Waals surface area contributed by atoms with Crippen molar-refractivity contribution in [3.05, 3.63) is 46.6 Å². The van der Waals surface area contributed by atoms with Crippen LogP contribution < -0.4 is 4.43 Å². The Morgan fingerprint density at radius 2 is 1.58 bits per heavy atom. The van der Waals surface area contributed by atoms with Crippen molar-refractivity contribution in [1.82, 2.24) is 10.2 Å². The maximum absolute atomic E-state index is 13.4. The molecule has 3 nitrogen and oxygen atoms in total. The van der Waals surface area contributed by atoms with Gasteiger partial charge in [0, 0.05) is 12.0 Å². The molecule has 144 valence electrons. The maximum atomic E-state index is 13.4. The molecule has 2 aromatic rings. The van der Waals surface area contributed by atoms with E-state index in [1.165, 1.54) is 0 Å². The van der Waals surface area contributed by atoms with Gasteiger partial charge in [0.2, 0.25) is 5.88 Å². The number of alkyl halides is 3. The second kappa shape index (κ2) is 7.10. The third-order valence-corrected chi connectivity index (χ3v) is 9.40. The van der Waals surface area contributed by atoms with Crippen LogP contribution in [0.1, 0.15) is 50.1 Å². The number of rotatable bonds is 5. The van der Waals surface area contributed by atoms with Gasteiger partial charge < -0.3 is 4.43 Å². The van der Waals surface area contributed by atoms with Crippen molar-refractivity contribution in [3.8, 4) is 5.88 Å². The Morgan fingerprint density at radius 1 is 1.04 bits per heavy atom. The van der Waals surface area contributed by atoms with Crippen LogP contribution in [0.15, 0.2) is 24.3 Å². The standard InChI is InChI=1S/C19H27F3N2OSi/c1-7-13-8-10-14(11-9-13)12-15-16(19(20,21)22)23-24-17(15)25-26(5,6)18(2,3)4/h8-11H,7,12H2,1-6H3,(H,23,24). The zero-order chi connectivity index (χ0) is 19.8. The van der Waals surface area contributed by atoms with E-state index < -0.39 is 20.2 Å². The fourth-order valence-corrected chi connectivity index (χ4v) is 3.28. The van der Waals surface area contributed by atoms with Crippen LogP contribution in [0, 0.1) is 0 Å². The van der Waals surface area contributed by atoms with Gasteiger partial charge in [0.1, 0.15) is 5.69 Å². The van der Waals surface area contributed by atoms with Crippen LogP contribution in [-0.4, -0.2) is 18.5 Å². The highest BCUT2D eigenvalue weighted by molar-refractivity contribution is 6.74. The second-order valence-electron chi connectivity index (χ2n) is 8.09. The summed E-state index contributed by atoms with van der Waals surface area (Å²) in [5, 5.41) is 5.90. The molecule has 1 aromatic carbocycles. The summed E-state index contributed by atoms with van der Waals surface area (Å²) < 4.78 is 46.4. The minimum absolute atomic E-state index is 0.0727. The summed E-state index contributed by atoms with van der Waals surface area (Å²) in [6.07, 6.45) is -3.49. The van der Waals surface area contributed by atoms with Crippen molar-refractivity contribution >= 4 is 8.32 Å². The predicted octanol–water partition coefficient (Wildman–Crippen LogP) is 5.97. The maximum Gasteiger partial charge on any atom is 0.433 e. The molecule has 26 heavy (non-hydrogen) atoms. The smallest absolute Gasteiger partial charge is 0.433 e. The number of nitrogens with zero attached hydrogens (tertiary/aromatic N) is 1. The second-order valence-corrected chi connectivity index (χ2v) is 12.8. The van der Waals surface area contributed by atoms with Crippen LogP contribution in [0.3, 0.4) is 0 Å². The third kappa shape index (κ3) is 4.49. The van der Waals surface area contributed by atoms with E-state index in [-0.39, 0.29) is 22.9 Å². The van der Waals surface area contributed by atoms with Crippen molar-refractivity contribution in [3.63, 3.8) is 0 Å². The molecule has 0 aliphatic heterocycles. The summed E-state index contributed by atoms with van der Waals surface area (Å²) in [7, 11) is -2.30. The van der Waals surface area contributed by atoms with Crippen LogP contribution in [-0.2, 0) is 19.0 Å². The molecule has 0 aliphatic rings. The van der Waals surface area contributed by atoms with Gasteiger partial charge in [-0.05, 0) is 35.7 Å². The van der Waals surface area contributed by atoms with E-state index in [4.69, 9.17) is 4.43 Å². The average molecular weight is 385 g/mol. The predicted molar refractivity (Wildman–Crippen MR) is 100 cm³/mol. The van der Waals surface area contributed by atoms with E-state index in [1.807, 2.05) is 65.1 Å². The molecule has 0 unspecified atom stereocenters. The van der Waals surface area contributed by atoms with E-state index in [2.05, 4.69) is 10.2 Å². The lowest BCUT2D eigenvalue weighted by Crippen LogP contribution is -2.44. The molecule has 1 aromatic heterocycles. The van der Waals surface area contributed by atoms with Gasteiger partial charge in [-0.15, -0.1) is 5.10 Å². The van der Waals surface area contributed by atoms with Gasteiger partial charge in [-0.1, -0.05) is 52.0 Å². The SMILES string of the molecule is CCc1ccc(Cc2c(O[Si](C)(C)C(C)(C)C)n[nH]c2C(F)(F)F)cc1. The molecule has 0 amide bonds. The van der Waals surface area contributed by atoms with Crippen LogP contribution in [0.25, 0.3) is 0 Å². The average Bonchev–Trinajstić information content (AvgIpc) is 2.89. The number of benzene rings is 1. The van der Waals surface area contributed by atoms with Gasteiger partial charge in [-0.25, -0.2) is 0 Å². The molecule has 0 fully saturated rings. The summed E-state index contributed by atoms with van der Waals surface area (Å²) in [5.41, 5.74) is 1.20. The van der Waals surface area contributed by atoms with Gasteiger partial charge in [0.15, 0.2) is 0 Å². The summed E-state index contributed by atoms with van der Waals surface area (Å²) in [6, 6.07) is 7.61. The number of hydrogen-bond acceptors (Lipinski definition) is 2. The molecule has 0 spiro atoms. The van der Waals surface area contributed by atoms with Crippen LogP contribution in [0.2, 0.25) is 18.1 Å². The molecule has 0 atom stereocenters. The van der Waals surface area contributed by atoms with E-state index in [1.54, 1.807) is 0 Å². The van der Waals surface area contributed by atoms with Crippen molar-refractivity contribution in [2.75, 3.05) is 0 Å². The zero-order valence-electron chi connectivity index (χ0n) is 16.2. The molecule has 0 saturated carbocycles. The molecule has 1 N–H and O–H groups in total. The number of aryl methyl sites for hydroxylation is 1. The molecular weight excluding hydrogens is 357 g/mol. The first-order valence-corrected chi connectivity index (χ1v) is 11.7. The van der Waals surface area contributed by atoms with E-state index in [0.717, 1.165) is 17.5 Å². The van der Waals surface area contributed by atoms with Crippen molar-refractivity contribution in [2.24, 2.45) is 0 Å². The first-order valence-electron chi connectivity index (χ1n) is 8.76. The summed E-state index contributed by atoms with van der Waals surface area (Å²) in [6.45, 7) is 12.2. The zero-order valence-corrected chi connectivity index (χ0v) is 17.2. The van der Waals surface area contributed by atoms with Gasteiger partial charge in [0.05, 0.1) is 0 Å². The Balaban J connectivity index is 2.42. The normalized spacial score (nSPS) is 13.1. The van der Waals surface area contributed by atoms with Crippen LogP contribution >= 0.6 is 0 Å². The molecule has 0 saturated heterocycles. The molecule has 0 aliphatic carbocycles. The van der Waals surface area contributed by atoms with Gasteiger partial charge in [0.25, 0.3) is 8.32 Å². The van der Waals surface area contributed by atoms with Crippen molar-refractivity contribution in [1.29, 1.82) is 0 Å². The minimum atomic E-state index is -4.50.